The molecule has 0 spiro atoms. The maximum absolute atomic E-state index is 11.9. The maximum atomic E-state index is 11.9. The van der Waals surface area contributed by atoms with Gasteiger partial charge < -0.3 is 14.4 Å². The number of carbonyl (C=O) groups excluding carboxylic acids is 1. The smallest absolute Gasteiger partial charge is 0.410 e. The van der Waals surface area contributed by atoms with Crippen molar-refractivity contribution in [3.05, 3.63) is 77.7 Å². The lowest BCUT2D eigenvalue weighted by atomic mass is 10.1. The van der Waals surface area contributed by atoms with Crippen molar-refractivity contribution in [3.8, 4) is 17.0 Å². The molecule has 2 aromatic carbocycles. The van der Waals surface area contributed by atoms with E-state index in [1.165, 1.54) is 0 Å². The fraction of sp³-hybridized carbons (Fsp3) is 0.261. The monoisotopic (exact) mass is 389 g/mol. The normalized spacial score (nSPS) is 12.9. The van der Waals surface area contributed by atoms with Gasteiger partial charge in [0.25, 0.3) is 0 Å². The minimum absolute atomic E-state index is 0.296. The second-order valence-corrected chi connectivity index (χ2v) is 6.82. The molecule has 0 atom stereocenters. The summed E-state index contributed by atoms with van der Waals surface area (Å²) in [6.07, 6.45) is 2.13. The SMILES string of the molecule is CCOC(=O)N1CCc2nc(-c3ccc(OCc4ccccc4)cc3)cnc2C1. The largest absolute Gasteiger partial charge is 0.489 e. The Morgan fingerprint density at radius 1 is 1.07 bits per heavy atom. The van der Waals surface area contributed by atoms with Crippen LogP contribution in [0.4, 0.5) is 4.79 Å². The molecule has 0 aliphatic carbocycles. The first-order valence-electron chi connectivity index (χ1n) is 9.76. The third-order valence-electron chi connectivity index (χ3n) is 4.81. The molecule has 0 saturated heterocycles. The van der Waals surface area contributed by atoms with Crippen LogP contribution in [-0.2, 0) is 24.3 Å². The molecule has 6 heteroatoms. The fourth-order valence-electron chi connectivity index (χ4n) is 3.26. The van der Waals surface area contributed by atoms with Crippen molar-refractivity contribution < 1.29 is 14.3 Å². The van der Waals surface area contributed by atoms with Gasteiger partial charge in [-0.05, 0) is 36.8 Å². The summed E-state index contributed by atoms with van der Waals surface area (Å²) in [6.45, 7) is 3.75. The molecule has 1 aliphatic heterocycles. The van der Waals surface area contributed by atoms with E-state index in [1.54, 1.807) is 18.0 Å². The van der Waals surface area contributed by atoms with E-state index < -0.39 is 0 Å². The number of hydrogen-bond donors (Lipinski definition) is 0. The number of amides is 1. The summed E-state index contributed by atoms with van der Waals surface area (Å²) in [5, 5.41) is 0. The van der Waals surface area contributed by atoms with Crippen LogP contribution in [0, 0.1) is 0 Å². The molecule has 1 aromatic heterocycles. The van der Waals surface area contributed by atoms with Crippen molar-refractivity contribution in [3.63, 3.8) is 0 Å². The first kappa shape index (κ1) is 18.9. The Hall–Kier alpha value is -3.41. The van der Waals surface area contributed by atoms with E-state index in [-0.39, 0.29) is 6.09 Å². The Morgan fingerprint density at radius 3 is 2.62 bits per heavy atom. The van der Waals surface area contributed by atoms with Gasteiger partial charge in [0.05, 0.1) is 36.4 Å². The van der Waals surface area contributed by atoms with E-state index >= 15 is 0 Å². The highest BCUT2D eigenvalue weighted by Gasteiger charge is 2.23. The lowest BCUT2D eigenvalue weighted by molar-refractivity contribution is 0.102. The average Bonchev–Trinajstić information content (AvgIpc) is 2.78. The van der Waals surface area contributed by atoms with Crippen LogP contribution in [0.2, 0.25) is 0 Å². The molecule has 0 fully saturated rings. The van der Waals surface area contributed by atoms with Crippen molar-refractivity contribution >= 4 is 6.09 Å². The zero-order valence-corrected chi connectivity index (χ0v) is 16.4. The van der Waals surface area contributed by atoms with Gasteiger partial charge in [-0.3, -0.25) is 4.98 Å². The maximum Gasteiger partial charge on any atom is 0.410 e. The summed E-state index contributed by atoms with van der Waals surface area (Å²) in [5.41, 5.74) is 4.71. The Balaban J connectivity index is 1.42. The first-order chi connectivity index (χ1) is 14.2. The predicted molar refractivity (Wildman–Crippen MR) is 109 cm³/mol. The summed E-state index contributed by atoms with van der Waals surface area (Å²) in [4.78, 5) is 22.9. The summed E-state index contributed by atoms with van der Waals surface area (Å²) >= 11 is 0. The van der Waals surface area contributed by atoms with E-state index in [4.69, 9.17) is 14.5 Å². The number of ether oxygens (including phenoxy) is 2. The van der Waals surface area contributed by atoms with Gasteiger partial charge in [-0.1, -0.05) is 30.3 Å². The van der Waals surface area contributed by atoms with Gasteiger partial charge in [0.1, 0.15) is 12.4 Å². The average molecular weight is 389 g/mol. The lowest BCUT2D eigenvalue weighted by Gasteiger charge is -2.26. The van der Waals surface area contributed by atoms with Gasteiger partial charge in [0.2, 0.25) is 0 Å². The molecule has 0 unspecified atom stereocenters. The molecule has 4 rings (SSSR count). The van der Waals surface area contributed by atoms with Gasteiger partial charge in [0.15, 0.2) is 0 Å². The molecule has 3 aromatic rings. The van der Waals surface area contributed by atoms with Gasteiger partial charge >= 0.3 is 6.09 Å². The molecule has 0 saturated carbocycles. The predicted octanol–water partition coefficient (Wildman–Crippen LogP) is 4.24. The second-order valence-electron chi connectivity index (χ2n) is 6.82. The van der Waals surface area contributed by atoms with Gasteiger partial charge in [-0.15, -0.1) is 0 Å². The van der Waals surface area contributed by atoms with Crippen LogP contribution in [0.25, 0.3) is 11.3 Å². The van der Waals surface area contributed by atoms with Gasteiger partial charge in [0, 0.05) is 18.5 Å². The highest BCUT2D eigenvalue weighted by atomic mass is 16.6. The highest BCUT2D eigenvalue weighted by Crippen LogP contribution is 2.24. The van der Waals surface area contributed by atoms with Crippen LogP contribution in [0.1, 0.15) is 23.9 Å². The molecule has 0 radical (unpaired) electrons. The zero-order valence-electron chi connectivity index (χ0n) is 16.4. The summed E-state index contributed by atoms with van der Waals surface area (Å²) < 4.78 is 10.9. The number of nitrogens with zero attached hydrogens (tertiary/aromatic N) is 3. The van der Waals surface area contributed by atoms with Crippen LogP contribution < -0.4 is 4.74 Å². The second kappa shape index (κ2) is 8.73. The van der Waals surface area contributed by atoms with Crippen molar-refractivity contribution in [2.75, 3.05) is 13.2 Å². The zero-order chi connectivity index (χ0) is 20.1. The van der Waals surface area contributed by atoms with Gasteiger partial charge in [-0.2, -0.15) is 0 Å². The molecule has 1 amide bonds. The van der Waals surface area contributed by atoms with E-state index in [1.807, 2.05) is 54.6 Å². The Bertz CT molecular complexity index is 974. The van der Waals surface area contributed by atoms with Crippen molar-refractivity contribution in [2.24, 2.45) is 0 Å². The van der Waals surface area contributed by atoms with E-state index in [0.717, 1.165) is 34.0 Å². The fourth-order valence-corrected chi connectivity index (χ4v) is 3.26. The van der Waals surface area contributed by atoms with Crippen LogP contribution >= 0.6 is 0 Å². The van der Waals surface area contributed by atoms with Crippen molar-refractivity contribution in [1.29, 1.82) is 0 Å². The van der Waals surface area contributed by atoms with Crippen molar-refractivity contribution in [1.82, 2.24) is 14.9 Å². The van der Waals surface area contributed by atoms with Crippen LogP contribution in [0.5, 0.6) is 5.75 Å². The topological polar surface area (TPSA) is 64.5 Å². The molecule has 0 bridgehead atoms. The third kappa shape index (κ3) is 4.54. The molecule has 29 heavy (non-hydrogen) atoms. The number of hydrogen-bond acceptors (Lipinski definition) is 5. The number of fused-ring (bicyclic) bond motifs is 1. The lowest BCUT2D eigenvalue weighted by Crippen LogP contribution is -2.37. The molecule has 0 N–H and O–H groups in total. The number of aromatic nitrogens is 2. The third-order valence-corrected chi connectivity index (χ3v) is 4.81. The Morgan fingerprint density at radius 2 is 1.86 bits per heavy atom. The van der Waals surface area contributed by atoms with E-state index in [9.17, 15) is 4.79 Å². The summed E-state index contributed by atoms with van der Waals surface area (Å²) in [5.74, 6) is 0.814. The standard InChI is InChI=1S/C23H23N3O3/c1-2-28-23(27)26-13-12-20-22(15-26)24-14-21(25-20)18-8-10-19(11-9-18)29-16-17-6-4-3-5-7-17/h3-11,14H,2,12-13,15-16H2,1H3. The Kier molecular flexibility index (Phi) is 5.70. The molecule has 148 valence electrons. The van der Waals surface area contributed by atoms with E-state index in [0.29, 0.717) is 32.7 Å². The minimum atomic E-state index is -0.296. The summed E-state index contributed by atoms with van der Waals surface area (Å²) in [6, 6.07) is 18.0. The Labute approximate surface area is 170 Å². The van der Waals surface area contributed by atoms with E-state index in [2.05, 4.69) is 4.98 Å². The molecule has 6 nitrogen and oxygen atoms in total. The highest BCUT2D eigenvalue weighted by molar-refractivity contribution is 5.68. The van der Waals surface area contributed by atoms with Crippen molar-refractivity contribution in [2.45, 2.75) is 26.5 Å². The van der Waals surface area contributed by atoms with Crippen LogP contribution in [0.3, 0.4) is 0 Å². The number of benzene rings is 2. The molecular weight excluding hydrogens is 366 g/mol. The number of carbonyl (C=O) groups is 1. The minimum Gasteiger partial charge on any atom is -0.489 e. The summed E-state index contributed by atoms with van der Waals surface area (Å²) in [7, 11) is 0. The number of rotatable bonds is 5. The van der Waals surface area contributed by atoms with Crippen LogP contribution in [-0.4, -0.2) is 34.1 Å². The first-order valence-corrected chi connectivity index (χ1v) is 9.76. The van der Waals surface area contributed by atoms with Gasteiger partial charge in [-0.25, -0.2) is 9.78 Å². The molecule has 2 heterocycles. The molecular formula is C23H23N3O3. The van der Waals surface area contributed by atoms with Crippen LogP contribution in [0.15, 0.2) is 60.8 Å². The molecule has 1 aliphatic rings. The quantitative estimate of drug-likeness (QED) is 0.653.